The van der Waals surface area contributed by atoms with Crippen LogP contribution >= 0.6 is 0 Å². The first kappa shape index (κ1) is 15.9. The van der Waals surface area contributed by atoms with Crippen molar-refractivity contribution in [2.45, 2.75) is 39.5 Å². The van der Waals surface area contributed by atoms with Crippen LogP contribution in [0.25, 0.3) is 0 Å². The summed E-state index contributed by atoms with van der Waals surface area (Å²) in [6.45, 7) is 4.70. The van der Waals surface area contributed by atoms with E-state index in [1.54, 1.807) is 0 Å². The van der Waals surface area contributed by atoms with Gasteiger partial charge >= 0.3 is 0 Å². The third-order valence-corrected chi connectivity index (χ3v) is 1.40. The molecular formula is C12H24O2. The van der Waals surface area contributed by atoms with Gasteiger partial charge in [-0.25, -0.2) is 0 Å². The highest BCUT2D eigenvalue weighted by Gasteiger charge is 1.69. The molecule has 0 amide bonds. The van der Waals surface area contributed by atoms with E-state index in [0.717, 1.165) is 25.7 Å². The zero-order valence-corrected chi connectivity index (χ0v) is 9.45. The Morgan fingerprint density at radius 3 is 1.29 bits per heavy atom. The summed E-state index contributed by atoms with van der Waals surface area (Å²) in [4.78, 5) is 0. The van der Waals surface area contributed by atoms with Gasteiger partial charge in [0.25, 0.3) is 0 Å². The van der Waals surface area contributed by atoms with E-state index in [1.165, 1.54) is 0 Å². The molecule has 0 spiro atoms. The Morgan fingerprint density at radius 2 is 1.07 bits per heavy atom. The van der Waals surface area contributed by atoms with Gasteiger partial charge in [0.2, 0.25) is 0 Å². The van der Waals surface area contributed by atoms with E-state index in [0.29, 0.717) is 0 Å². The minimum Gasteiger partial charge on any atom is -0.396 e. The summed E-state index contributed by atoms with van der Waals surface area (Å²) in [6.07, 6.45) is 11.8. The molecule has 0 bridgehead atoms. The summed E-state index contributed by atoms with van der Waals surface area (Å²) in [5.74, 6) is 0. The second-order valence-corrected chi connectivity index (χ2v) is 2.78. The number of allylic oxidation sites excluding steroid dienone is 2. The Kier molecular flexibility index (Phi) is 20.7. The maximum atomic E-state index is 8.24. The molecule has 0 radical (unpaired) electrons. The van der Waals surface area contributed by atoms with Crippen LogP contribution in [-0.2, 0) is 0 Å². The number of rotatable bonds is 6. The molecule has 0 aromatic heterocycles. The van der Waals surface area contributed by atoms with Crippen molar-refractivity contribution < 1.29 is 10.2 Å². The van der Waals surface area contributed by atoms with Crippen molar-refractivity contribution in [3.05, 3.63) is 24.3 Å². The zero-order chi connectivity index (χ0) is 11.1. The Bertz CT molecular complexity index is 112. The molecule has 0 atom stereocenters. The Morgan fingerprint density at radius 1 is 0.714 bits per heavy atom. The largest absolute Gasteiger partial charge is 0.396 e. The van der Waals surface area contributed by atoms with Crippen LogP contribution in [0.1, 0.15) is 39.5 Å². The van der Waals surface area contributed by atoms with Crippen molar-refractivity contribution in [2.24, 2.45) is 0 Å². The molecule has 0 saturated heterocycles. The lowest BCUT2D eigenvalue weighted by Crippen LogP contribution is -1.73. The molecule has 0 fully saturated rings. The zero-order valence-electron chi connectivity index (χ0n) is 9.45. The molecule has 2 heteroatoms. The fourth-order valence-corrected chi connectivity index (χ4v) is 0.718. The van der Waals surface area contributed by atoms with Gasteiger partial charge in [0.1, 0.15) is 0 Å². The number of aliphatic hydroxyl groups excluding tert-OH is 2. The SMILES string of the molecule is CC/C=C/CCO.CC/C=C\CCO. The molecule has 0 aliphatic heterocycles. The lowest BCUT2D eigenvalue weighted by atomic mass is 10.3. The number of hydrogen-bond donors (Lipinski definition) is 2. The van der Waals surface area contributed by atoms with Crippen LogP contribution in [0.15, 0.2) is 24.3 Å². The highest BCUT2D eigenvalue weighted by atomic mass is 16.3. The highest BCUT2D eigenvalue weighted by Crippen LogP contribution is 1.83. The smallest absolute Gasteiger partial charge is 0.0465 e. The molecular weight excluding hydrogens is 176 g/mol. The fraction of sp³-hybridized carbons (Fsp3) is 0.667. The average molecular weight is 200 g/mol. The Labute approximate surface area is 88.0 Å². The van der Waals surface area contributed by atoms with E-state index in [9.17, 15) is 0 Å². The Hall–Kier alpha value is -0.600. The number of aliphatic hydroxyl groups is 2. The van der Waals surface area contributed by atoms with Crippen LogP contribution < -0.4 is 0 Å². The second kappa shape index (κ2) is 18.2. The average Bonchev–Trinajstić information content (AvgIpc) is 2.21. The van der Waals surface area contributed by atoms with E-state index >= 15 is 0 Å². The molecule has 0 heterocycles. The van der Waals surface area contributed by atoms with Gasteiger partial charge in [-0.3, -0.25) is 0 Å². The normalized spacial score (nSPS) is 10.6. The van der Waals surface area contributed by atoms with Gasteiger partial charge in [-0.1, -0.05) is 38.2 Å². The quantitative estimate of drug-likeness (QED) is 0.647. The van der Waals surface area contributed by atoms with Gasteiger partial charge in [-0.2, -0.15) is 0 Å². The van der Waals surface area contributed by atoms with Gasteiger partial charge in [0, 0.05) is 13.2 Å². The first-order valence-electron chi connectivity index (χ1n) is 5.35. The van der Waals surface area contributed by atoms with E-state index < -0.39 is 0 Å². The van der Waals surface area contributed by atoms with E-state index in [-0.39, 0.29) is 13.2 Å². The lowest BCUT2D eigenvalue weighted by Gasteiger charge is -1.79. The molecule has 0 aliphatic carbocycles. The van der Waals surface area contributed by atoms with Crippen molar-refractivity contribution in [1.29, 1.82) is 0 Å². The molecule has 0 aromatic carbocycles. The molecule has 2 nitrogen and oxygen atoms in total. The summed E-state index contributed by atoms with van der Waals surface area (Å²) in [5, 5.41) is 16.5. The minimum absolute atomic E-state index is 0.274. The summed E-state index contributed by atoms with van der Waals surface area (Å²) in [6, 6.07) is 0. The van der Waals surface area contributed by atoms with Crippen LogP contribution in [0.5, 0.6) is 0 Å². The maximum absolute atomic E-state index is 8.24. The molecule has 0 unspecified atom stereocenters. The summed E-state index contributed by atoms with van der Waals surface area (Å²) >= 11 is 0. The second-order valence-electron chi connectivity index (χ2n) is 2.78. The van der Waals surface area contributed by atoms with Crippen LogP contribution in [-0.4, -0.2) is 23.4 Å². The minimum atomic E-state index is 0.274. The fourth-order valence-electron chi connectivity index (χ4n) is 0.718. The van der Waals surface area contributed by atoms with Crippen LogP contribution in [0.4, 0.5) is 0 Å². The van der Waals surface area contributed by atoms with E-state index in [4.69, 9.17) is 10.2 Å². The van der Waals surface area contributed by atoms with Gasteiger partial charge < -0.3 is 10.2 Å². The van der Waals surface area contributed by atoms with Gasteiger partial charge in [-0.05, 0) is 25.7 Å². The van der Waals surface area contributed by atoms with E-state index in [1.807, 2.05) is 12.2 Å². The van der Waals surface area contributed by atoms with Crippen LogP contribution in [0.2, 0.25) is 0 Å². The summed E-state index contributed by atoms with van der Waals surface area (Å²) < 4.78 is 0. The van der Waals surface area contributed by atoms with Gasteiger partial charge in [0.05, 0.1) is 0 Å². The molecule has 0 saturated carbocycles. The predicted molar refractivity (Wildman–Crippen MR) is 62.3 cm³/mol. The predicted octanol–water partition coefficient (Wildman–Crippen LogP) is 2.67. The Balaban J connectivity index is 0. The standard InChI is InChI=1S/2C6H12O/c2*1-2-3-4-5-6-7/h2*3-4,7H,2,5-6H2,1H3/b4-3+;4-3-. The van der Waals surface area contributed by atoms with Gasteiger partial charge in [0.15, 0.2) is 0 Å². The first-order valence-corrected chi connectivity index (χ1v) is 5.35. The van der Waals surface area contributed by atoms with E-state index in [2.05, 4.69) is 26.0 Å². The first-order chi connectivity index (χ1) is 6.83. The molecule has 84 valence electrons. The van der Waals surface area contributed by atoms with Crippen molar-refractivity contribution in [3.8, 4) is 0 Å². The van der Waals surface area contributed by atoms with Crippen molar-refractivity contribution in [2.75, 3.05) is 13.2 Å². The molecule has 14 heavy (non-hydrogen) atoms. The topological polar surface area (TPSA) is 40.5 Å². The molecule has 0 rings (SSSR count). The van der Waals surface area contributed by atoms with Gasteiger partial charge in [-0.15, -0.1) is 0 Å². The lowest BCUT2D eigenvalue weighted by molar-refractivity contribution is 0.302. The third-order valence-electron chi connectivity index (χ3n) is 1.40. The molecule has 2 N–H and O–H groups in total. The van der Waals surface area contributed by atoms with Crippen molar-refractivity contribution in [3.63, 3.8) is 0 Å². The maximum Gasteiger partial charge on any atom is 0.0465 e. The summed E-state index contributed by atoms with van der Waals surface area (Å²) in [7, 11) is 0. The molecule has 0 aliphatic rings. The van der Waals surface area contributed by atoms with Crippen LogP contribution in [0.3, 0.4) is 0 Å². The van der Waals surface area contributed by atoms with Crippen LogP contribution in [0, 0.1) is 0 Å². The molecule has 0 aromatic rings. The summed E-state index contributed by atoms with van der Waals surface area (Å²) in [5.41, 5.74) is 0. The number of hydrogen-bond acceptors (Lipinski definition) is 2. The van der Waals surface area contributed by atoms with Crippen molar-refractivity contribution in [1.82, 2.24) is 0 Å². The van der Waals surface area contributed by atoms with Crippen molar-refractivity contribution >= 4 is 0 Å². The third kappa shape index (κ3) is 22.5. The monoisotopic (exact) mass is 200 g/mol. The highest BCUT2D eigenvalue weighted by molar-refractivity contribution is 4.79.